The van der Waals surface area contributed by atoms with Crippen molar-refractivity contribution in [3.05, 3.63) is 60.3 Å². The molecule has 0 aliphatic carbocycles. The number of H-pyrrole nitrogens is 1. The third-order valence-electron chi connectivity index (χ3n) is 2.53. The Morgan fingerprint density at radius 1 is 1.37 bits per heavy atom. The lowest BCUT2D eigenvalue weighted by Crippen LogP contribution is -2.36. The van der Waals surface area contributed by atoms with Crippen molar-refractivity contribution in [1.29, 1.82) is 0 Å². The summed E-state index contributed by atoms with van der Waals surface area (Å²) in [6.45, 7) is 1.26. The molecule has 0 spiro atoms. The first-order chi connectivity index (χ1) is 8.93. The van der Waals surface area contributed by atoms with E-state index in [0.717, 1.165) is 10.8 Å². The second kappa shape index (κ2) is 5.14. The van der Waals surface area contributed by atoms with Gasteiger partial charge in [0, 0.05) is 6.20 Å². The van der Waals surface area contributed by atoms with Crippen LogP contribution in [0.3, 0.4) is 0 Å². The summed E-state index contributed by atoms with van der Waals surface area (Å²) in [5.41, 5.74) is -1.13. The third kappa shape index (κ3) is 2.41. The minimum absolute atomic E-state index is 0.0912. The number of hydrogen-bond donors (Lipinski definition) is 1. The molecule has 2 rings (SSSR count). The number of carbonyl (C=O) groups is 1. The van der Waals surface area contributed by atoms with Gasteiger partial charge in [-0.05, 0) is 35.0 Å². The maximum Gasteiger partial charge on any atom is 0.333 e. The van der Waals surface area contributed by atoms with E-state index in [0.29, 0.717) is 9.50 Å². The van der Waals surface area contributed by atoms with Crippen LogP contribution in [0.15, 0.2) is 38.5 Å². The highest BCUT2D eigenvalue weighted by molar-refractivity contribution is 9.10. The number of rotatable bonds is 2. The number of Topliss-reactive ketones (excluding diaryl/α,β-unsaturated/α-hetero) is 1. The number of aromatic amines is 1. The molecule has 1 heterocycles. The molecule has 0 radical (unpaired) electrons. The Hall–Kier alpha value is -1.66. The molecule has 19 heavy (non-hydrogen) atoms. The van der Waals surface area contributed by atoms with Gasteiger partial charge < -0.3 is 4.98 Å². The molecule has 0 amide bonds. The number of nitrogens with zero attached hydrogens (tertiary/aromatic N) is 1. The van der Waals surface area contributed by atoms with Crippen LogP contribution >= 0.6 is 27.5 Å². The summed E-state index contributed by atoms with van der Waals surface area (Å²) in [5.74, 6) is -0.423. The number of hydrogen-bond acceptors (Lipinski definition) is 3. The van der Waals surface area contributed by atoms with Gasteiger partial charge >= 0.3 is 5.69 Å². The van der Waals surface area contributed by atoms with Crippen LogP contribution in [-0.2, 0) is 0 Å². The highest BCUT2D eigenvalue weighted by Gasteiger charge is 2.15. The van der Waals surface area contributed by atoms with Crippen molar-refractivity contribution in [3.8, 4) is 5.69 Å². The molecule has 0 bridgehead atoms. The number of benzene rings is 1. The fraction of sp³-hybridized carbons (Fsp3) is 0.0833. The Balaban J connectivity index is 2.87. The van der Waals surface area contributed by atoms with Crippen molar-refractivity contribution in [2.24, 2.45) is 0 Å². The van der Waals surface area contributed by atoms with E-state index in [2.05, 4.69) is 20.9 Å². The van der Waals surface area contributed by atoms with E-state index in [1.807, 2.05) is 0 Å². The quantitative estimate of drug-likeness (QED) is 0.849. The molecule has 7 heteroatoms. The van der Waals surface area contributed by atoms with Crippen LogP contribution < -0.4 is 11.2 Å². The maximum atomic E-state index is 12.2. The van der Waals surface area contributed by atoms with E-state index in [1.165, 1.54) is 6.92 Å². The first-order valence-electron chi connectivity index (χ1n) is 5.23. The summed E-state index contributed by atoms with van der Waals surface area (Å²) in [5, 5.41) is 0.358. The van der Waals surface area contributed by atoms with Gasteiger partial charge in [0.2, 0.25) is 0 Å². The minimum Gasteiger partial charge on any atom is -0.313 e. The molecule has 2 aromatic rings. The van der Waals surface area contributed by atoms with E-state index in [9.17, 15) is 14.4 Å². The lowest BCUT2D eigenvalue weighted by atomic mass is 10.2. The number of nitrogens with one attached hydrogen (secondary N) is 1. The first kappa shape index (κ1) is 13.8. The predicted molar refractivity (Wildman–Crippen MR) is 75.4 cm³/mol. The van der Waals surface area contributed by atoms with Gasteiger partial charge in [-0.3, -0.25) is 9.59 Å². The third-order valence-corrected chi connectivity index (χ3v) is 3.90. The van der Waals surface area contributed by atoms with Gasteiger partial charge in [-0.1, -0.05) is 17.7 Å². The van der Waals surface area contributed by atoms with E-state index >= 15 is 0 Å². The Morgan fingerprint density at radius 3 is 2.68 bits per heavy atom. The minimum atomic E-state index is -0.681. The smallest absolute Gasteiger partial charge is 0.313 e. The largest absolute Gasteiger partial charge is 0.333 e. The monoisotopic (exact) mass is 342 g/mol. The molecule has 0 saturated carbocycles. The second-order valence-corrected chi connectivity index (χ2v) is 4.98. The van der Waals surface area contributed by atoms with E-state index in [4.69, 9.17) is 11.6 Å². The van der Waals surface area contributed by atoms with E-state index < -0.39 is 17.0 Å². The van der Waals surface area contributed by atoms with E-state index in [-0.39, 0.29) is 11.3 Å². The van der Waals surface area contributed by atoms with Gasteiger partial charge in [-0.2, -0.15) is 0 Å². The molecule has 1 aromatic carbocycles. The lowest BCUT2D eigenvalue weighted by molar-refractivity contribution is 0.101. The molecular formula is C12H8BrClN2O3. The molecule has 1 N–H and O–H groups in total. The second-order valence-electron chi connectivity index (χ2n) is 3.78. The Morgan fingerprint density at radius 2 is 2.05 bits per heavy atom. The summed E-state index contributed by atoms with van der Waals surface area (Å²) in [7, 11) is 0. The molecule has 5 nitrogen and oxygen atoms in total. The van der Waals surface area contributed by atoms with E-state index in [1.54, 1.807) is 18.2 Å². The van der Waals surface area contributed by atoms with Gasteiger partial charge in [0.15, 0.2) is 5.78 Å². The van der Waals surface area contributed by atoms with Crippen LogP contribution in [0.1, 0.15) is 17.3 Å². The zero-order valence-corrected chi connectivity index (χ0v) is 12.1. The summed E-state index contributed by atoms with van der Waals surface area (Å²) >= 11 is 9.15. The Bertz CT molecular complexity index is 779. The standard InChI is InChI=1S/C12H8BrClN2O3/c1-6(17)7-5-15-12(19)16(11(7)18)9-4-2-3-8(14)10(9)13/h2-5H,1H3,(H,15,19). The van der Waals surface area contributed by atoms with Gasteiger partial charge in [-0.15, -0.1) is 0 Å². The first-order valence-corrected chi connectivity index (χ1v) is 6.40. The van der Waals surface area contributed by atoms with Crippen molar-refractivity contribution in [1.82, 2.24) is 9.55 Å². The highest BCUT2D eigenvalue weighted by atomic mass is 79.9. The van der Waals surface area contributed by atoms with Gasteiger partial charge in [-0.25, -0.2) is 9.36 Å². The SMILES string of the molecule is CC(=O)c1c[nH]c(=O)n(-c2cccc(Cl)c2Br)c1=O. The average Bonchev–Trinajstić information content (AvgIpc) is 2.34. The predicted octanol–water partition coefficient (Wildman–Crippen LogP) is 2.14. The molecule has 98 valence electrons. The van der Waals surface area contributed by atoms with Crippen LogP contribution in [-0.4, -0.2) is 15.3 Å². The normalized spacial score (nSPS) is 10.5. The molecule has 1 aromatic heterocycles. The summed E-state index contributed by atoms with van der Waals surface area (Å²) in [6.07, 6.45) is 1.11. The van der Waals surface area contributed by atoms with Gasteiger partial charge in [0.1, 0.15) is 0 Å². The van der Waals surface area contributed by atoms with Crippen LogP contribution in [0, 0.1) is 0 Å². The average molecular weight is 344 g/mol. The zero-order chi connectivity index (χ0) is 14.2. The molecule has 0 atom stereocenters. The summed E-state index contributed by atoms with van der Waals surface area (Å²) in [6, 6.07) is 4.77. The summed E-state index contributed by atoms with van der Waals surface area (Å²) < 4.78 is 1.28. The molecule has 0 saturated heterocycles. The Kier molecular flexibility index (Phi) is 3.73. The topological polar surface area (TPSA) is 71.9 Å². The molecule has 0 unspecified atom stereocenters. The fourth-order valence-electron chi connectivity index (χ4n) is 1.61. The van der Waals surface area contributed by atoms with Crippen molar-refractivity contribution in [3.63, 3.8) is 0 Å². The molecular weight excluding hydrogens is 336 g/mol. The number of halogens is 2. The zero-order valence-electron chi connectivity index (χ0n) is 9.74. The molecule has 0 fully saturated rings. The number of ketones is 1. The fourth-order valence-corrected chi connectivity index (χ4v) is 2.22. The van der Waals surface area contributed by atoms with Crippen LogP contribution in [0.5, 0.6) is 0 Å². The van der Waals surface area contributed by atoms with Crippen molar-refractivity contribution >= 4 is 33.3 Å². The lowest BCUT2D eigenvalue weighted by Gasteiger charge is -2.08. The van der Waals surface area contributed by atoms with Crippen molar-refractivity contribution in [2.45, 2.75) is 6.92 Å². The molecule has 0 aliphatic rings. The number of carbonyl (C=O) groups excluding carboxylic acids is 1. The Labute approximate surface area is 121 Å². The van der Waals surface area contributed by atoms with Crippen molar-refractivity contribution < 1.29 is 4.79 Å². The summed E-state index contributed by atoms with van der Waals surface area (Å²) in [4.78, 5) is 37.7. The highest BCUT2D eigenvalue weighted by Crippen LogP contribution is 2.27. The van der Waals surface area contributed by atoms with Crippen LogP contribution in [0.2, 0.25) is 5.02 Å². The maximum absolute atomic E-state index is 12.2. The van der Waals surface area contributed by atoms with Gasteiger partial charge in [0.05, 0.1) is 20.7 Å². The van der Waals surface area contributed by atoms with Crippen LogP contribution in [0.25, 0.3) is 5.69 Å². The van der Waals surface area contributed by atoms with Gasteiger partial charge in [0.25, 0.3) is 5.56 Å². The van der Waals surface area contributed by atoms with Crippen LogP contribution in [0.4, 0.5) is 0 Å². The number of aromatic nitrogens is 2. The van der Waals surface area contributed by atoms with Crippen molar-refractivity contribution in [2.75, 3.05) is 0 Å². The molecule has 0 aliphatic heterocycles.